The Bertz CT molecular complexity index is 600. The third-order valence-electron chi connectivity index (χ3n) is 4.76. The Morgan fingerprint density at radius 1 is 1.14 bits per heavy atom. The van der Waals surface area contributed by atoms with Gasteiger partial charge in [-0.1, -0.05) is 43.9 Å². The van der Waals surface area contributed by atoms with Crippen LogP contribution in [0, 0.1) is 12.8 Å². The van der Waals surface area contributed by atoms with Crippen LogP contribution in [-0.4, -0.2) is 4.98 Å². The lowest BCUT2D eigenvalue weighted by atomic mass is 9.86. The SMILES string of the molecule is Cc1cc(C(NN)C2CCCCCC2)c2ccccc2n1. The number of nitrogens with zero attached hydrogens (tertiary/aromatic N) is 1. The van der Waals surface area contributed by atoms with Crippen LogP contribution in [-0.2, 0) is 0 Å². The third-order valence-corrected chi connectivity index (χ3v) is 4.76. The zero-order valence-corrected chi connectivity index (χ0v) is 12.8. The van der Waals surface area contributed by atoms with Gasteiger partial charge in [-0.05, 0) is 43.4 Å². The van der Waals surface area contributed by atoms with Crippen molar-refractivity contribution >= 4 is 10.9 Å². The second-order valence-corrected chi connectivity index (χ2v) is 6.27. The molecule has 21 heavy (non-hydrogen) atoms. The largest absolute Gasteiger partial charge is 0.271 e. The van der Waals surface area contributed by atoms with Gasteiger partial charge in [-0.15, -0.1) is 0 Å². The molecule has 1 heterocycles. The van der Waals surface area contributed by atoms with Gasteiger partial charge >= 0.3 is 0 Å². The number of rotatable bonds is 3. The van der Waals surface area contributed by atoms with Gasteiger partial charge < -0.3 is 0 Å². The molecular formula is C18H25N3. The predicted molar refractivity (Wildman–Crippen MR) is 87.7 cm³/mol. The summed E-state index contributed by atoms with van der Waals surface area (Å²) in [5.41, 5.74) is 6.56. The molecule has 112 valence electrons. The summed E-state index contributed by atoms with van der Waals surface area (Å²) in [6, 6.07) is 10.8. The Morgan fingerprint density at radius 3 is 2.57 bits per heavy atom. The van der Waals surface area contributed by atoms with Crippen molar-refractivity contribution in [3.63, 3.8) is 0 Å². The van der Waals surface area contributed by atoms with Gasteiger partial charge in [-0.25, -0.2) is 0 Å². The van der Waals surface area contributed by atoms with Crippen molar-refractivity contribution in [1.82, 2.24) is 10.4 Å². The van der Waals surface area contributed by atoms with Gasteiger partial charge in [0.25, 0.3) is 0 Å². The second-order valence-electron chi connectivity index (χ2n) is 6.27. The molecule has 2 aromatic rings. The highest BCUT2D eigenvalue weighted by Crippen LogP contribution is 2.35. The van der Waals surface area contributed by atoms with Gasteiger partial charge in [0.05, 0.1) is 5.52 Å². The normalized spacial score (nSPS) is 18.6. The minimum Gasteiger partial charge on any atom is -0.271 e. The highest BCUT2D eigenvalue weighted by Gasteiger charge is 2.25. The number of hydrazine groups is 1. The van der Waals surface area contributed by atoms with Gasteiger partial charge in [0.2, 0.25) is 0 Å². The van der Waals surface area contributed by atoms with Crippen LogP contribution in [0.4, 0.5) is 0 Å². The zero-order valence-electron chi connectivity index (χ0n) is 12.8. The summed E-state index contributed by atoms with van der Waals surface area (Å²) >= 11 is 0. The highest BCUT2D eigenvalue weighted by molar-refractivity contribution is 5.82. The Morgan fingerprint density at radius 2 is 1.86 bits per heavy atom. The van der Waals surface area contributed by atoms with Crippen LogP contribution < -0.4 is 11.3 Å². The lowest BCUT2D eigenvalue weighted by molar-refractivity contribution is 0.330. The molecule has 0 spiro atoms. The molecule has 0 amide bonds. The van der Waals surface area contributed by atoms with Crippen molar-refractivity contribution in [3.05, 3.63) is 41.6 Å². The first kappa shape index (κ1) is 14.5. The van der Waals surface area contributed by atoms with E-state index in [4.69, 9.17) is 5.84 Å². The van der Waals surface area contributed by atoms with Crippen molar-refractivity contribution in [2.45, 2.75) is 51.5 Å². The van der Waals surface area contributed by atoms with E-state index in [1.165, 1.54) is 49.5 Å². The van der Waals surface area contributed by atoms with Crippen LogP contribution in [0.3, 0.4) is 0 Å². The molecule has 1 aliphatic carbocycles. The molecule has 1 atom stereocenters. The molecule has 1 unspecified atom stereocenters. The van der Waals surface area contributed by atoms with Crippen molar-refractivity contribution in [1.29, 1.82) is 0 Å². The van der Waals surface area contributed by atoms with E-state index in [1.807, 2.05) is 0 Å². The monoisotopic (exact) mass is 283 g/mol. The third kappa shape index (κ3) is 3.09. The van der Waals surface area contributed by atoms with E-state index in [-0.39, 0.29) is 6.04 Å². The summed E-state index contributed by atoms with van der Waals surface area (Å²) in [6.45, 7) is 2.07. The number of nitrogens with one attached hydrogen (secondary N) is 1. The van der Waals surface area contributed by atoms with E-state index < -0.39 is 0 Å². The Balaban J connectivity index is 2.03. The van der Waals surface area contributed by atoms with Gasteiger partial charge in [0.15, 0.2) is 0 Å². The summed E-state index contributed by atoms with van der Waals surface area (Å²) in [5, 5.41) is 1.23. The Labute approximate surface area is 126 Å². The van der Waals surface area contributed by atoms with E-state index in [1.54, 1.807) is 0 Å². The standard InChI is InChI=1S/C18H25N3/c1-13-12-16(15-10-6-7-11-17(15)20-13)18(21-19)14-8-4-2-3-5-9-14/h6-7,10-12,14,18,21H,2-5,8-9,19H2,1H3. The molecule has 0 aliphatic heterocycles. The number of para-hydroxylation sites is 1. The lowest BCUT2D eigenvalue weighted by Crippen LogP contribution is -2.33. The molecule has 0 bridgehead atoms. The first-order valence-electron chi connectivity index (χ1n) is 8.12. The molecule has 3 rings (SSSR count). The van der Waals surface area contributed by atoms with Crippen LogP contribution in [0.15, 0.2) is 30.3 Å². The molecule has 1 aromatic carbocycles. The average Bonchev–Trinajstić information content (AvgIpc) is 2.77. The second kappa shape index (κ2) is 6.54. The van der Waals surface area contributed by atoms with E-state index in [9.17, 15) is 0 Å². The smallest absolute Gasteiger partial charge is 0.0708 e. The number of hydrogen-bond donors (Lipinski definition) is 2. The van der Waals surface area contributed by atoms with Crippen LogP contribution in [0.1, 0.15) is 55.8 Å². The molecule has 1 aromatic heterocycles. The Hall–Kier alpha value is -1.45. The number of benzene rings is 1. The highest BCUT2D eigenvalue weighted by atomic mass is 15.2. The van der Waals surface area contributed by atoms with Gasteiger partial charge in [0, 0.05) is 17.1 Å². The van der Waals surface area contributed by atoms with E-state index >= 15 is 0 Å². The first-order chi connectivity index (χ1) is 10.3. The Kier molecular flexibility index (Phi) is 4.51. The fourth-order valence-electron chi connectivity index (χ4n) is 3.72. The summed E-state index contributed by atoms with van der Waals surface area (Å²) in [4.78, 5) is 4.65. The topological polar surface area (TPSA) is 50.9 Å². The quantitative estimate of drug-likeness (QED) is 0.508. The van der Waals surface area contributed by atoms with E-state index in [2.05, 4.69) is 47.7 Å². The number of nitrogens with two attached hydrogens (primary N) is 1. The van der Waals surface area contributed by atoms with Crippen LogP contribution in [0.25, 0.3) is 10.9 Å². The van der Waals surface area contributed by atoms with Gasteiger partial charge in [0.1, 0.15) is 0 Å². The fourth-order valence-corrected chi connectivity index (χ4v) is 3.72. The molecular weight excluding hydrogens is 258 g/mol. The van der Waals surface area contributed by atoms with Crippen LogP contribution >= 0.6 is 0 Å². The van der Waals surface area contributed by atoms with Crippen molar-refractivity contribution < 1.29 is 0 Å². The fraction of sp³-hybridized carbons (Fsp3) is 0.500. The molecule has 1 fully saturated rings. The minimum absolute atomic E-state index is 0.231. The summed E-state index contributed by atoms with van der Waals surface area (Å²) in [7, 11) is 0. The molecule has 0 saturated heterocycles. The van der Waals surface area contributed by atoms with Crippen molar-refractivity contribution in [2.75, 3.05) is 0 Å². The maximum atomic E-state index is 5.96. The number of aromatic nitrogens is 1. The number of aryl methyl sites for hydroxylation is 1. The average molecular weight is 283 g/mol. The maximum Gasteiger partial charge on any atom is 0.0708 e. The first-order valence-corrected chi connectivity index (χ1v) is 8.12. The summed E-state index contributed by atoms with van der Waals surface area (Å²) in [6.07, 6.45) is 7.92. The lowest BCUT2D eigenvalue weighted by Gasteiger charge is -2.27. The molecule has 3 nitrogen and oxygen atoms in total. The molecule has 3 heteroatoms. The molecule has 1 aliphatic rings. The van der Waals surface area contributed by atoms with Gasteiger partial charge in [-0.2, -0.15) is 0 Å². The summed E-state index contributed by atoms with van der Waals surface area (Å²) in [5.74, 6) is 6.58. The molecule has 0 radical (unpaired) electrons. The minimum atomic E-state index is 0.231. The van der Waals surface area contributed by atoms with Crippen LogP contribution in [0.5, 0.6) is 0 Å². The molecule has 3 N–H and O–H groups in total. The van der Waals surface area contributed by atoms with Crippen molar-refractivity contribution in [2.24, 2.45) is 11.8 Å². The number of fused-ring (bicyclic) bond motifs is 1. The van der Waals surface area contributed by atoms with Crippen molar-refractivity contribution in [3.8, 4) is 0 Å². The van der Waals surface area contributed by atoms with E-state index in [0.717, 1.165) is 11.2 Å². The predicted octanol–water partition coefficient (Wildman–Crippen LogP) is 4.02. The molecule has 1 saturated carbocycles. The van der Waals surface area contributed by atoms with Crippen LogP contribution in [0.2, 0.25) is 0 Å². The van der Waals surface area contributed by atoms with Gasteiger partial charge in [-0.3, -0.25) is 16.3 Å². The number of hydrogen-bond acceptors (Lipinski definition) is 3. The summed E-state index contributed by atoms with van der Waals surface area (Å²) < 4.78 is 0. The van der Waals surface area contributed by atoms with E-state index in [0.29, 0.717) is 5.92 Å². The maximum absolute atomic E-state index is 5.96. The number of pyridine rings is 1. The zero-order chi connectivity index (χ0) is 14.7.